The zero-order valence-electron chi connectivity index (χ0n) is 5.81. The molecule has 1 unspecified atom stereocenters. The normalized spacial score (nSPS) is 39.0. The summed E-state index contributed by atoms with van der Waals surface area (Å²) in [5.41, 5.74) is 5.88. The van der Waals surface area contributed by atoms with Gasteiger partial charge < -0.3 is 5.73 Å². The Bertz CT molecular complexity index is 92.9. The van der Waals surface area contributed by atoms with Gasteiger partial charge in [-0.15, -0.1) is 0 Å². The summed E-state index contributed by atoms with van der Waals surface area (Å²) in [6.45, 7) is 2.26. The quantitative estimate of drug-likeness (QED) is 0.549. The van der Waals surface area contributed by atoms with Crippen molar-refractivity contribution in [2.45, 2.75) is 36.2 Å². The van der Waals surface area contributed by atoms with Crippen LogP contribution in [0.4, 0.5) is 0 Å². The molecular formula is C7H14IN. The molecule has 0 aromatic carbocycles. The van der Waals surface area contributed by atoms with Gasteiger partial charge in [0.1, 0.15) is 0 Å². The van der Waals surface area contributed by atoms with Gasteiger partial charge in [-0.2, -0.15) is 0 Å². The van der Waals surface area contributed by atoms with Crippen molar-refractivity contribution in [2.75, 3.05) is 0 Å². The molecule has 1 fully saturated rings. The first-order valence-corrected chi connectivity index (χ1v) is 4.86. The Morgan fingerprint density at radius 2 is 2.22 bits per heavy atom. The second-order valence-corrected chi connectivity index (χ2v) is 4.90. The lowest BCUT2D eigenvalue weighted by Crippen LogP contribution is -2.29. The van der Waals surface area contributed by atoms with Crippen molar-refractivity contribution >= 4 is 22.6 Å². The fraction of sp³-hybridized carbons (Fsp3) is 1.00. The minimum Gasteiger partial charge on any atom is -0.327 e. The fourth-order valence-corrected chi connectivity index (χ4v) is 2.48. The van der Waals surface area contributed by atoms with E-state index in [0.29, 0.717) is 6.04 Å². The van der Waals surface area contributed by atoms with Crippen LogP contribution in [-0.4, -0.2) is 9.97 Å². The van der Waals surface area contributed by atoms with Crippen LogP contribution < -0.4 is 5.73 Å². The summed E-state index contributed by atoms with van der Waals surface area (Å²) in [7, 11) is 0. The molecule has 1 aliphatic rings. The molecule has 0 saturated heterocycles. The van der Waals surface area contributed by atoms with Gasteiger partial charge in [0.2, 0.25) is 0 Å². The summed E-state index contributed by atoms with van der Waals surface area (Å²) < 4.78 is 0.764. The summed E-state index contributed by atoms with van der Waals surface area (Å²) in [6.07, 6.45) is 3.95. The van der Waals surface area contributed by atoms with E-state index in [0.717, 1.165) is 9.84 Å². The zero-order chi connectivity index (χ0) is 6.85. The van der Waals surface area contributed by atoms with Crippen LogP contribution in [0.1, 0.15) is 26.2 Å². The maximum absolute atomic E-state index is 5.88. The molecule has 54 valence electrons. The maximum Gasteiger partial charge on any atom is 0.0124 e. The first-order chi connectivity index (χ1) is 4.22. The molecule has 2 N–H and O–H groups in total. The topological polar surface area (TPSA) is 26.0 Å². The summed E-state index contributed by atoms with van der Waals surface area (Å²) in [6, 6.07) is 0.497. The monoisotopic (exact) mass is 239 g/mol. The van der Waals surface area contributed by atoms with Gasteiger partial charge in [0, 0.05) is 9.97 Å². The van der Waals surface area contributed by atoms with Gasteiger partial charge in [0.25, 0.3) is 0 Å². The predicted octanol–water partition coefficient (Wildman–Crippen LogP) is 1.94. The fourth-order valence-electron chi connectivity index (χ4n) is 1.59. The first-order valence-electron chi connectivity index (χ1n) is 3.61. The van der Waals surface area contributed by atoms with Gasteiger partial charge >= 0.3 is 0 Å². The lowest BCUT2D eigenvalue weighted by molar-refractivity contribution is 0.489. The molecule has 1 saturated carbocycles. The second kappa shape index (κ2) is 3.19. The van der Waals surface area contributed by atoms with E-state index >= 15 is 0 Å². The number of hydrogen-bond donors (Lipinski definition) is 1. The molecule has 1 aliphatic carbocycles. The molecule has 1 nitrogen and oxygen atoms in total. The Kier molecular flexibility index (Phi) is 2.76. The molecule has 0 spiro atoms. The average Bonchev–Trinajstić information content (AvgIpc) is 2.13. The third-order valence-electron chi connectivity index (χ3n) is 2.21. The van der Waals surface area contributed by atoms with Crippen molar-refractivity contribution < 1.29 is 0 Å². The number of hydrogen-bond acceptors (Lipinski definition) is 1. The molecule has 0 aromatic heterocycles. The Labute approximate surface area is 70.5 Å². The average molecular weight is 239 g/mol. The van der Waals surface area contributed by atoms with E-state index in [1.54, 1.807) is 0 Å². The molecule has 2 heteroatoms. The Hall–Kier alpha value is 0.690. The molecule has 0 heterocycles. The molecule has 1 rings (SSSR count). The SMILES string of the molecule is CC(I)[C@H]1CCC[C@@H]1N. The zero-order valence-corrected chi connectivity index (χ0v) is 7.97. The smallest absolute Gasteiger partial charge is 0.0124 e. The van der Waals surface area contributed by atoms with E-state index in [1.165, 1.54) is 19.3 Å². The van der Waals surface area contributed by atoms with Gasteiger partial charge in [-0.3, -0.25) is 0 Å². The van der Waals surface area contributed by atoms with Gasteiger partial charge in [-0.25, -0.2) is 0 Å². The highest BCUT2D eigenvalue weighted by Gasteiger charge is 2.26. The summed E-state index contributed by atoms with van der Waals surface area (Å²) in [5.74, 6) is 0.797. The molecule has 0 amide bonds. The molecule has 0 bridgehead atoms. The van der Waals surface area contributed by atoms with Crippen LogP contribution in [0.25, 0.3) is 0 Å². The molecular weight excluding hydrogens is 225 g/mol. The maximum atomic E-state index is 5.88. The van der Waals surface area contributed by atoms with E-state index in [9.17, 15) is 0 Å². The highest BCUT2D eigenvalue weighted by Crippen LogP contribution is 2.30. The summed E-state index contributed by atoms with van der Waals surface area (Å²) >= 11 is 2.48. The largest absolute Gasteiger partial charge is 0.327 e. The number of rotatable bonds is 1. The van der Waals surface area contributed by atoms with E-state index in [2.05, 4.69) is 29.5 Å². The minimum absolute atomic E-state index is 0.497. The van der Waals surface area contributed by atoms with Crippen molar-refractivity contribution in [1.29, 1.82) is 0 Å². The first kappa shape index (κ1) is 7.79. The van der Waals surface area contributed by atoms with Gasteiger partial charge in [0.15, 0.2) is 0 Å². The molecule has 9 heavy (non-hydrogen) atoms. The third kappa shape index (κ3) is 1.80. The van der Waals surface area contributed by atoms with Crippen LogP contribution >= 0.6 is 22.6 Å². The third-order valence-corrected chi connectivity index (χ3v) is 3.14. The number of halogens is 1. The Balaban J connectivity index is 2.40. The van der Waals surface area contributed by atoms with Crippen LogP contribution in [0.2, 0.25) is 0 Å². The van der Waals surface area contributed by atoms with Gasteiger partial charge in [0.05, 0.1) is 0 Å². The second-order valence-electron chi connectivity index (χ2n) is 2.94. The van der Waals surface area contributed by atoms with Crippen LogP contribution in [0.15, 0.2) is 0 Å². The van der Waals surface area contributed by atoms with Crippen LogP contribution in [-0.2, 0) is 0 Å². The summed E-state index contributed by atoms with van der Waals surface area (Å²) in [4.78, 5) is 0. The Morgan fingerprint density at radius 1 is 1.56 bits per heavy atom. The standard InChI is InChI=1S/C7H14IN/c1-5(8)6-3-2-4-7(6)9/h5-7H,2-4,9H2,1H3/t5?,6-,7+/m1/s1. The van der Waals surface area contributed by atoms with Crippen molar-refractivity contribution in [2.24, 2.45) is 11.7 Å². The van der Waals surface area contributed by atoms with E-state index in [-0.39, 0.29) is 0 Å². The molecule has 0 aliphatic heterocycles. The summed E-state index contributed by atoms with van der Waals surface area (Å²) in [5, 5.41) is 0. The lowest BCUT2D eigenvalue weighted by atomic mass is 10.0. The number of alkyl halides is 1. The predicted molar refractivity (Wildman–Crippen MR) is 48.8 cm³/mol. The highest BCUT2D eigenvalue weighted by atomic mass is 127. The van der Waals surface area contributed by atoms with Crippen molar-refractivity contribution in [3.05, 3.63) is 0 Å². The van der Waals surface area contributed by atoms with E-state index in [1.807, 2.05) is 0 Å². The molecule has 0 radical (unpaired) electrons. The lowest BCUT2D eigenvalue weighted by Gasteiger charge is -2.17. The van der Waals surface area contributed by atoms with Crippen molar-refractivity contribution in [3.63, 3.8) is 0 Å². The van der Waals surface area contributed by atoms with Crippen molar-refractivity contribution in [3.8, 4) is 0 Å². The van der Waals surface area contributed by atoms with Crippen LogP contribution in [0, 0.1) is 5.92 Å². The van der Waals surface area contributed by atoms with Crippen molar-refractivity contribution in [1.82, 2.24) is 0 Å². The van der Waals surface area contributed by atoms with E-state index < -0.39 is 0 Å². The number of nitrogens with two attached hydrogens (primary N) is 1. The Morgan fingerprint density at radius 3 is 2.44 bits per heavy atom. The van der Waals surface area contributed by atoms with Gasteiger partial charge in [-0.05, 0) is 18.8 Å². The van der Waals surface area contributed by atoms with E-state index in [4.69, 9.17) is 5.73 Å². The van der Waals surface area contributed by atoms with Crippen LogP contribution in [0.3, 0.4) is 0 Å². The minimum atomic E-state index is 0.497. The highest BCUT2D eigenvalue weighted by molar-refractivity contribution is 14.1. The van der Waals surface area contributed by atoms with Gasteiger partial charge in [-0.1, -0.05) is 35.9 Å². The molecule has 0 aromatic rings. The molecule has 3 atom stereocenters. The van der Waals surface area contributed by atoms with Crippen LogP contribution in [0.5, 0.6) is 0 Å².